The Balaban J connectivity index is 2.15. The van der Waals surface area contributed by atoms with E-state index < -0.39 is 0 Å². The maximum absolute atomic E-state index is 3.75. The lowest BCUT2D eigenvalue weighted by molar-refractivity contribution is 0.429. The predicted octanol–water partition coefficient (Wildman–Crippen LogP) is 3.44. The lowest BCUT2D eigenvalue weighted by Crippen LogP contribution is -2.34. The Kier molecular flexibility index (Phi) is 5.95. The lowest BCUT2D eigenvalue weighted by atomic mass is 10.1. The first kappa shape index (κ1) is 12.4. The Bertz CT molecular complexity index is 149. The van der Waals surface area contributed by atoms with E-state index in [1.807, 2.05) is 0 Å². The molecule has 0 heterocycles. The molecule has 1 fully saturated rings. The van der Waals surface area contributed by atoms with Gasteiger partial charge in [-0.15, -0.1) is 0 Å². The van der Waals surface area contributed by atoms with E-state index in [1.54, 1.807) is 0 Å². The van der Waals surface area contributed by atoms with Crippen molar-refractivity contribution in [2.75, 3.05) is 5.75 Å². The summed E-state index contributed by atoms with van der Waals surface area (Å²) in [6.07, 6.45) is 6.84. The summed E-state index contributed by atoms with van der Waals surface area (Å²) in [6, 6.07) is 1.52. The number of thioether (sulfide) groups is 1. The van der Waals surface area contributed by atoms with Gasteiger partial charge in [0.1, 0.15) is 0 Å². The van der Waals surface area contributed by atoms with Crippen LogP contribution < -0.4 is 5.32 Å². The molecule has 0 bridgehead atoms. The molecule has 1 nitrogen and oxygen atoms in total. The molecule has 0 aromatic rings. The van der Waals surface area contributed by atoms with Gasteiger partial charge in [-0.1, -0.05) is 20.3 Å². The van der Waals surface area contributed by atoms with Gasteiger partial charge < -0.3 is 5.32 Å². The van der Waals surface area contributed by atoms with E-state index in [2.05, 4.69) is 37.8 Å². The van der Waals surface area contributed by atoms with Crippen LogP contribution in [0.5, 0.6) is 0 Å². The van der Waals surface area contributed by atoms with Gasteiger partial charge in [-0.2, -0.15) is 11.8 Å². The van der Waals surface area contributed by atoms with Crippen molar-refractivity contribution in [3.8, 4) is 0 Å². The molecule has 0 aromatic heterocycles. The van der Waals surface area contributed by atoms with Gasteiger partial charge in [0.25, 0.3) is 0 Å². The highest BCUT2D eigenvalue weighted by atomic mass is 32.2. The summed E-state index contributed by atoms with van der Waals surface area (Å²) in [4.78, 5) is 0. The third kappa shape index (κ3) is 4.22. The van der Waals surface area contributed by atoms with E-state index in [9.17, 15) is 0 Å². The van der Waals surface area contributed by atoms with Crippen LogP contribution >= 0.6 is 11.8 Å². The van der Waals surface area contributed by atoms with E-state index in [4.69, 9.17) is 0 Å². The monoisotopic (exact) mass is 215 g/mol. The molecule has 14 heavy (non-hydrogen) atoms. The van der Waals surface area contributed by atoms with Crippen LogP contribution in [-0.4, -0.2) is 23.1 Å². The van der Waals surface area contributed by atoms with Crippen LogP contribution in [0.4, 0.5) is 0 Å². The second-order valence-electron chi connectivity index (χ2n) is 4.44. The molecule has 0 spiro atoms. The smallest absolute Gasteiger partial charge is 0.00804 e. The Labute approximate surface area is 93.4 Å². The number of hydrogen-bond donors (Lipinski definition) is 1. The zero-order valence-electron chi connectivity index (χ0n) is 9.88. The predicted molar refractivity (Wildman–Crippen MR) is 67.1 cm³/mol. The highest BCUT2D eigenvalue weighted by Crippen LogP contribution is 2.29. The van der Waals surface area contributed by atoms with Gasteiger partial charge in [0, 0.05) is 17.3 Å². The Morgan fingerprint density at radius 2 is 2.14 bits per heavy atom. The Hall–Kier alpha value is 0.310. The SMILES string of the molecule is CCCC(C)NC1CCC(SCC)C1. The van der Waals surface area contributed by atoms with Crippen LogP contribution in [0.3, 0.4) is 0 Å². The third-order valence-electron chi connectivity index (χ3n) is 3.03. The molecule has 1 aliphatic carbocycles. The highest BCUT2D eigenvalue weighted by Gasteiger charge is 2.24. The minimum Gasteiger partial charge on any atom is -0.311 e. The number of rotatable bonds is 6. The van der Waals surface area contributed by atoms with E-state index in [0.29, 0.717) is 0 Å². The van der Waals surface area contributed by atoms with Crippen LogP contribution in [0.2, 0.25) is 0 Å². The molecule has 84 valence electrons. The van der Waals surface area contributed by atoms with E-state index >= 15 is 0 Å². The van der Waals surface area contributed by atoms with Crippen molar-refractivity contribution in [1.29, 1.82) is 0 Å². The van der Waals surface area contributed by atoms with Gasteiger partial charge in [-0.25, -0.2) is 0 Å². The first-order valence-corrected chi connectivity index (χ1v) is 7.18. The lowest BCUT2D eigenvalue weighted by Gasteiger charge is -2.18. The minimum atomic E-state index is 0.718. The van der Waals surface area contributed by atoms with Gasteiger partial charge in [0.15, 0.2) is 0 Å². The third-order valence-corrected chi connectivity index (χ3v) is 4.26. The second-order valence-corrected chi connectivity index (χ2v) is 6.02. The summed E-state index contributed by atoms with van der Waals surface area (Å²) >= 11 is 2.14. The average Bonchev–Trinajstić information content (AvgIpc) is 2.53. The first-order valence-electron chi connectivity index (χ1n) is 6.13. The molecular weight excluding hydrogens is 190 g/mol. The summed E-state index contributed by atoms with van der Waals surface area (Å²) in [5.74, 6) is 1.28. The Morgan fingerprint density at radius 1 is 1.36 bits per heavy atom. The minimum absolute atomic E-state index is 0.718. The van der Waals surface area contributed by atoms with Gasteiger partial charge in [0.05, 0.1) is 0 Å². The summed E-state index contributed by atoms with van der Waals surface area (Å²) in [7, 11) is 0. The van der Waals surface area contributed by atoms with Crippen molar-refractivity contribution in [3.05, 3.63) is 0 Å². The van der Waals surface area contributed by atoms with Crippen LogP contribution in [0, 0.1) is 0 Å². The first-order chi connectivity index (χ1) is 6.76. The molecule has 1 aliphatic rings. The van der Waals surface area contributed by atoms with E-state index in [-0.39, 0.29) is 0 Å². The van der Waals surface area contributed by atoms with E-state index in [0.717, 1.165) is 17.3 Å². The van der Waals surface area contributed by atoms with Crippen LogP contribution in [0.1, 0.15) is 52.9 Å². The van der Waals surface area contributed by atoms with Gasteiger partial charge in [0.2, 0.25) is 0 Å². The summed E-state index contributed by atoms with van der Waals surface area (Å²) in [5, 5.41) is 4.69. The molecule has 0 radical (unpaired) electrons. The quantitative estimate of drug-likeness (QED) is 0.728. The summed E-state index contributed by atoms with van der Waals surface area (Å²) < 4.78 is 0. The molecule has 2 heteroatoms. The van der Waals surface area contributed by atoms with Crippen molar-refractivity contribution in [1.82, 2.24) is 5.32 Å². The van der Waals surface area contributed by atoms with Crippen LogP contribution in [-0.2, 0) is 0 Å². The standard InChI is InChI=1S/C12H25NS/c1-4-6-10(3)13-11-7-8-12(9-11)14-5-2/h10-13H,4-9H2,1-3H3. The Morgan fingerprint density at radius 3 is 2.79 bits per heavy atom. The largest absolute Gasteiger partial charge is 0.311 e. The number of hydrogen-bond acceptors (Lipinski definition) is 2. The maximum Gasteiger partial charge on any atom is 0.00804 e. The molecule has 3 atom stereocenters. The van der Waals surface area contributed by atoms with Crippen LogP contribution in [0.15, 0.2) is 0 Å². The molecule has 1 saturated carbocycles. The van der Waals surface area contributed by atoms with Crippen molar-refractivity contribution in [2.45, 2.75) is 70.2 Å². The molecule has 1 N–H and O–H groups in total. The van der Waals surface area contributed by atoms with Crippen molar-refractivity contribution >= 4 is 11.8 Å². The van der Waals surface area contributed by atoms with Crippen molar-refractivity contribution in [2.24, 2.45) is 0 Å². The molecule has 3 unspecified atom stereocenters. The fraction of sp³-hybridized carbons (Fsp3) is 1.00. The highest BCUT2D eigenvalue weighted by molar-refractivity contribution is 7.99. The molecular formula is C12H25NS. The van der Waals surface area contributed by atoms with Gasteiger partial charge >= 0.3 is 0 Å². The van der Waals surface area contributed by atoms with Gasteiger partial charge in [-0.05, 0) is 38.4 Å². The summed E-state index contributed by atoms with van der Waals surface area (Å²) in [6.45, 7) is 6.86. The molecule has 0 amide bonds. The molecule has 1 rings (SSSR count). The topological polar surface area (TPSA) is 12.0 Å². The maximum atomic E-state index is 3.75. The number of nitrogens with one attached hydrogen (secondary N) is 1. The zero-order chi connectivity index (χ0) is 10.4. The second kappa shape index (κ2) is 6.73. The molecule has 0 aliphatic heterocycles. The average molecular weight is 215 g/mol. The van der Waals surface area contributed by atoms with Crippen molar-refractivity contribution < 1.29 is 0 Å². The van der Waals surface area contributed by atoms with Crippen LogP contribution in [0.25, 0.3) is 0 Å². The van der Waals surface area contributed by atoms with E-state index in [1.165, 1.54) is 37.9 Å². The molecule has 0 saturated heterocycles. The zero-order valence-corrected chi connectivity index (χ0v) is 10.7. The normalized spacial score (nSPS) is 29.4. The molecule has 0 aromatic carbocycles. The van der Waals surface area contributed by atoms with Crippen molar-refractivity contribution in [3.63, 3.8) is 0 Å². The van der Waals surface area contributed by atoms with Gasteiger partial charge in [-0.3, -0.25) is 0 Å². The fourth-order valence-electron chi connectivity index (χ4n) is 2.40. The summed E-state index contributed by atoms with van der Waals surface area (Å²) in [5.41, 5.74) is 0. The fourth-order valence-corrected chi connectivity index (χ4v) is 3.54.